The van der Waals surface area contributed by atoms with E-state index in [1.54, 1.807) is 13.2 Å². The third kappa shape index (κ3) is 2.18. The van der Waals surface area contributed by atoms with Gasteiger partial charge in [0.2, 0.25) is 5.95 Å². The summed E-state index contributed by atoms with van der Waals surface area (Å²) in [5.41, 5.74) is 1.91. The number of hydrogen-bond acceptors (Lipinski definition) is 4. The van der Waals surface area contributed by atoms with Crippen molar-refractivity contribution >= 4 is 5.95 Å². The lowest BCUT2D eigenvalue weighted by atomic mass is 10.2. The summed E-state index contributed by atoms with van der Waals surface area (Å²) in [6, 6.07) is 1.88. The van der Waals surface area contributed by atoms with Gasteiger partial charge in [0, 0.05) is 31.5 Å². The second-order valence-electron chi connectivity index (χ2n) is 3.51. The molecule has 0 aliphatic rings. The van der Waals surface area contributed by atoms with E-state index in [1.807, 2.05) is 23.1 Å². The molecule has 2 aromatic heterocycles. The zero-order chi connectivity index (χ0) is 11.4. The molecular weight excluding hydrogens is 202 g/mol. The monoisotopic (exact) mass is 217 g/mol. The van der Waals surface area contributed by atoms with E-state index in [4.69, 9.17) is 0 Å². The number of anilines is 1. The molecule has 16 heavy (non-hydrogen) atoms. The predicted octanol–water partition coefficient (Wildman–Crippen LogP) is 1.79. The first kappa shape index (κ1) is 10.6. The third-order valence-corrected chi connectivity index (χ3v) is 2.26. The summed E-state index contributed by atoms with van der Waals surface area (Å²) in [5, 5.41) is 7.19. The van der Waals surface area contributed by atoms with Crippen molar-refractivity contribution in [3.05, 3.63) is 24.7 Å². The Morgan fingerprint density at radius 1 is 1.44 bits per heavy atom. The fourth-order valence-electron chi connectivity index (χ4n) is 1.49. The van der Waals surface area contributed by atoms with Crippen molar-refractivity contribution in [3.63, 3.8) is 0 Å². The number of hydrogen-bond donors (Lipinski definition) is 1. The van der Waals surface area contributed by atoms with E-state index < -0.39 is 0 Å². The van der Waals surface area contributed by atoms with Gasteiger partial charge in [-0.15, -0.1) is 0 Å². The minimum atomic E-state index is 0.626. The van der Waals surface area contributed by atoms with Crippen molar-refractivity contribution < 1.29 is 0 Å². The van der Waals surface area contributed by atoms with Crippen molar-refractivity contribution in [2.45, 2.75) is 19.9 Å². The highest BCUT2D eigenvalue weighted by molar-refractivity contribution is 5.57. The molecule has 0 aromatic carbocycles. The molecule has 0 radical (unpaired) electrons. The van der Waals surface area contributed by atoms with Gasteiger partial charge < -0.3 is 5.32 Å². The van der Waals surface area contributed by atoms with Crippen LogP contribution in [-0.2, 0) is 6.54 Å². The van der Waals surface area contributed by atoms with Crippen LogP contribution in [0.15, 0.2) is 24.7 Å². The molecule has 1 N–H and O–H groups in total. The average Bonchev–Trinajstić information content (AvgIpc) is 2.78. The van der Waals surface area contributed by atoms with Crippen LogP contribution >= 0.6 is 0 Å². The molecule has 2 rings (SSSR count). The quantitative estimate of drug-likeness (QED) is 0.848. The van der Waals surface area contributed by atoms with Crippen LogP contribution in [0.3, 0.4) is 0 Å². The van der Waals surface area contributed by atoms with Gasteiger partial charge in [0.1, 0.15) is 0 Å². The summed E-state index contributed by atoms with van der Waals surface area (Å²) in [6.45, 7) is 3.06. The Morgan fingerprint density at radius 3 is 3.06 bits per heavy atom. The molecule has 0 spiro atoms. The van der Waals surface area contributed by atoms with E-state index in [9.17, 15) is 0 Å². The van der Waals surface area contributed by atoms with Crippen LogP contribution in [0.5, 0.6) is 0 Å². The Hall–Kier alpha value is -1.91. The smallest absolute Gasteiger partial charge is 0.222 e. The molecule has 0 saturated heterocycles. The third-order valence-electron chi connectivity index (χ3n) is 2.26. The molecule has 0 bridgehead atoms. The largest absolute Gasteiger partial charge is 0.357 e. The normalized spacial score (nSPS) is 10.4. The molecule has 0 amide bonds. The number of rotatable bonds is 4. The molecule has 84 valence electrons. The standard InChI is InChI=1S/C11H15N5/c1-3-6-16-8-9(7-14-16)10-4-5-13-11(12-2)15-10/h4-5,7-8H,3,6H2,1-2H3,(H,12,13,15). The van der Waals surface area contributed by atoms with E-state index in [0.29, 0.717) is 5.95 Å². The molecule has 0 fully saturated rings. The van der Waals surface area contributed by atoms with E-state index in [2.05, 4.69) is 27.3 Å². The van der Waals surface area contributed by atoms with Gasteiger partial charge in [-0.1, -0.05) is 6.92 Å². The summed E-state index contributed by atoms with van der Waals surface area (Å²) in [4.78, 5) is 8.44. The SMILES string of the molecule is CCCn1cc(-c2ccnc(NC)n2)cn1. The van der Waals surface area contributed by atoms with Gasteiger partial charge in [-0.3, -0.25) is 4.68 Å². The van der Waals surface area contributed by atoms with Gasteiger partial charge in [-0.2, -0.15) is 5.10 Å². The first-order valence-electron chi connectivity index (χ1n) is 5.37. The van der Waals surface area contributed by atoms with Crippen LogP contribution in [0.1, 0.15) is 13.3 Å². The van der Waals surface area contributed by atoms with Gasteiger partial charge in [0.15, 0.2) is 0 Å². The molecule has 0 aliphatic carbocycles. The van der Waals surface area contributed by atoms with Gasteiger partial charge in [-0.05, 0) is 12.5 Å². The summed E-state index contributed by atoms with van der Waals surface area (Å²) in [6.07, 6.45) is 6.65. The number of aromatic nitrogens is 4. The zero-order valence-electron chi connectivity index (χ0n) is 9.51. The first-order valence-corrected chi connectivity index (χ1v) is 5.37. The lowest BCUT2D eigenvalue weighted by Gasteiger charge is -2.00. The lowest BCUT2D eigenvalue weighted by Crippen LogP contribution is -1.97. The molecule has 2 heterocycles. The van der Waals surface area contributed by atoms with Crippen LogP contribution in [-0.4, -0.2) is 26.8 Å². The van der Waals surface area contributed by atoms with Crippen molar-refractivity contribution in [1.82, 2.24) is 19.7 Å². The summed E-state index contributed by atoms with van der Waals surface area (Å²) in [5.74, 6) is 0.626. The highest BCUT2D eigenvalue weighted by Crippen LogP contribution is 2.16. The molecule has 0 atom stereocenters. The fourth-order valence-corrected chi connectivity index (χ4v) is 1.49. The van der Waals surface area contributed by atoms with Crippen LogP contribution in [0.25, 0.3) is 11.3 Å². The highest BCUT2D eigenvalue weighted by Gasteiger charge is 2.03. The molecule has 0 unspecified atom stereocenters. The molecule has 5 heteroatoms. The molecule has 0 saturated carbocycles. The summed E-state index contributed by atoms with van der Waals surface area (Å²) >= 11 is 0. The van der Waals surface area contributed by atoms with E-state index in [0.717, 1.165) is 24.2 Å². The highest BCUT2D eigenvalue weighted by atomic mass is 15.3. The Bertz CT molecular complexity index is 463. The van der Waals surface area contributed by atoms with E-state index in [-0.39, 0.29) is 0 Å². The van der Waals surface area contributed by atoms with E-state index in [1.165, 1.54) is 0 Å². The Labute approximate surface area is 94.5 Å². The Balaban J connectivity index is 2.27. The van der Waals surface area contributed by atoms with Gasteiger partial charge >= 0.3 is 0 Å². The van der Waals surface area contributed by atoms with Gasteiger partial charge in [0.25, 0.3) is 0 Å². The van der Waals surface area contributed by atoms with Crippen LogP contribution in [0, 0.1) is 0 Å². The van der Waals surface area contributed by atoms with Crippen LogP contribution in [0.2, 0.25) is 0 Å². The van der Waals surface area contributed by atoms with Crippen LogP contribution < -0.4 is 5.32 Å². The molecule has 5 nitrogen and oxygen atoms in total. The maximum atomic E-state index is 4.36. The second-order valence-corrected chi connectivity index (χ2v) is 3.51. The van der Waals surface area contributed by atoms with Gasteiger partial charge in [0.05, 0.1) is 11.9 Å². The molecular formula is C11H15N5. The topological polar surface area (TPSA) is 55.6 Å². The molecule has 0 aliphatic heterocycles. The van der Waals surface area contributed by atoms with Gasteiger partial charge in [-0.25, -0.2) is 9.97 Å². The summed E-state index contributed by atoms with van der Waals surface area (Å²) in [7, 11) is 1.81. The van der Waals surface area contributed by atoms with E-state index >= 15 is 0 Å². The minimum Gasteiger partial charge on any atom is -0.357 e. The fraction of sp³-hybridized carbons (Fsp3) is 0.364. The number of aryl methyl sites for hydroxylation is 1. The van der Waals surface area contributed by atoms with Crippen LogP contribution in [0.4, 0.5) is 5.95 Å². The van der Waals surface area contributed by atoms with Crippen molar-refractivity contribution in [3.8, 4) is 11.3 Å². The minimum absolute atomic E-state index is 0.626. The maximum absolute atomic E-state index is 4.36. The second kappa shape index (κ2) is 4.74. The van der Waals surface area contributed by atoms with Crippen molar-refractivity contribution in [2.75, 3.05) is 12.4 Å². The lowest BCUT2D eigenvalue weighted by molar-refractivity contribution is 0.603. The zero-order valence-corrected chi connectivity index (χ0v) is 9.51. The Morgan fingerprint density at radius 2 is 2.31 bits per heavy atom. The maximum Gasteiger partial charge on any atom is 0.222 e. The summed E-state index contributed by atoms with van der Waals surface area (Å²) < 4.78 is 1.93. The van der Waals surface area contributed by atoms with Crippen molar-refractivity contribution in [2.24, 2.45) is 0 Å². The predicted molar refractivity (Wildman–Crippen MR) is 63.1 cm³/mol. The van der Waals surface area contributed by atoms with Crippen molar-refractivity contribution in [1.29, 1.82) is 0 Å². The molecule has 2 aromatic rings. The average molecular weight is 217 g/mol. The number of nitrogens with zero attached hydrogens (tertiary/aromatic N) is 4. The first-order chi connectivity index (χ1) is 7.83. The Kier molecular flexibility index (Phi) is 3.14. The number of nitrogens with one attached hydrogen (secondary N) is 1.